The molecular weight excluding hydrogens is 447 g/mol. The number of hydrogen-bond acceptors (Lipinski definition) is 7. The Bertz CT molecular complexity index is 1050. The molecule has 2 N–H and O–H groups in total. The molecule has 4 rings (SSSR count). The van der Waals surface area contributed by atoms with E-state index < -0.39 is 11.9 Å². The molecular formula is C23H30F3N7O. The van der Waals surface area contributed by atoms with Crippen LogP contribution in [0.25, 0.3) is 0 Å². The first-order valence-electron chi connectivity index (χ1n) is 11.3. The number of nitrogens with zero attached hydrogens (tertiary/aromatic N) is 5. The van der Waals surface area contributed by atoms with E-state index in [1.807, 2.05) is 39.8 Å². The smallest absolute Gasteiger partial charge is 0.351 e. The molecule has 0 bridgehead atoms. The van der Waals surface area contributed by atoms with Crippen LogP contribution < -0.4 is 15.5 Å². The lowest BCUT2D eigenvalue weighted by Gasteiger charge is -2.42. The molecule has 184 valence electrons. The Hall–Kier alpha value is -2.95. The van der Waals surface area contributed by atoms with Crippen LogP contribution in [0.2, 0.25) is 0 Å². The predicted molar refractivity (Wildman–Crippen MR) is 124 cm³/mol. The maximum absolute atomic E-state index is 12.7. The number of halogens is 3. The van der Waals surface area contributed by atoms with Gasteiger partial charge in [0.05, 0.1) is 5.69 Å². The second kappa shape index (κ2) is 9.01. The van der Waals surface area contributed by atoms with E-state index in [0.717, 1.165) is 24.5 Å². The van der Waals surface area contributed by atoms with Crippen molar-refractivity contribution in [1.82, 2.24) is 19.9 Å². The Kier molecular flexibility index (Phi) is 6.41. The normalized spacial score (nSPS) is 22.5. The van der Waals surface area contributed by atoms with Crippen molar-refractivity contribution in [1.29, 1.82) is 0 Å². The molecule has 34 heavy (non-hydrogen) atoms. The number of anilines is 3. The minimum absolute atomic E-state index is 0.0504. The van der Waals surface area contributed by atoms with Crippen LogP contribution in [0.15, 0.2) is 18.3 Å². The monoisotopic (exact) mass is 477 g/mol. The molecule has 1 fully saturated rings. The fourth-order valence-corrected chi connectivity index (χ4v) is 4.63. The van der Waals surface area contributed by atoms with Gasteiger partial charge in [0, 0.05) is 31.9 Å². The van der Waals surface area contributed by atoms with E-state index in [-0.39, 0.29) is 23.9 Å². The van der Waals surface area contributed by atoms with Gasteiger partial charge in [0.25, 0.3) is 0 Å². The summed E-state index contributed by atoms with van der Waals surface area (Å²) in [6.45, 7) is 6.39. The summed E-state index contributed by atoms with van der Waals surface area (Å²) >= 11 is 0. The van der Waals surface area contributed by atoms with Crippen LogP contribution in [0.3, 0.4) is 0 Å². The maximum atomic E-state index is 12.7. The Morgan fingerprint density at radius 1 is 1.26 bits per heavy atom. The second-order valence-corrected chi connectivity index (χ2v) is 9.55. The van der Waals surface area contributed by atoms with E-state index in [1.165, 1.54) is 12.3 Å². The highest BCUT2D eigenvalue weighted by Crippen LogP contribution is 2.35. The van der Waals surface area contributed by atoms with Gasteiger partial charge in [-0.3, -0.25) is 14.7 Å². The number of aryl methyl sites for hydroxylation is 1. The first-order valence-corrected chi connectivity index (χ1v) is 11.3. The van der Waals surface area contributed by atoms with E-state index in [9.17, 15) is 18.0 Å². The van der Waals surface area contributed by atoms with E-state index in [1.54, 1.807) is 0 Å². The largest absolute Gasteiger partial charge is 0.433 e. The molecule has 8 nitrogen and oxygen atoms in total. The van der Waals surface area contributed by atoms with Crippen molar-refractivity contribution in [3.63, 3.8) is 0 Å². The number of rotatable bonds is 6. The molecule has 1 atom stereocenters. The Morgan fingerprint density at radius 3 is 2.56 bits per heavy atom. The summed E-state index contributed by atoms with van der Waals surface area (Å²) < 4.78 is 38.1. The Morgan fingerprint density at radius 2 is 1.97 bits per heavy atom. The zero-order valence-corrected chi connectivity index (χ0v) is 19.9. The van der Waals surface area contributed by atoms with Crippen LogP contribution in [0.5, 0.6) is 0 Å². The van der Waals surface area contributed by atoms with Gasteiger partial charge >= 0.3 is 6.18 Å². The van der Waals surface area contributed by atoms with Crippen LogP contribution >= 0.6 is 0 Å². The molecule has 0 spiro atoms. The molecule has 1 saturated carbocycles. The highest BCUT2D eigenvalue weighted by Gasteiger charge is 2.37. The summed E-state index contributed by atoms with van der Waals surface area (Å²) in [5.74, 6) is 1.31. The number of amides is 1. The van der Waals surface area contributed by atoms with Crippen molar-refractivity contribution in [2.75, 3.05) is 29.6 Å². The summed E-state index contributed by atoms with van der Waals surface area (Å²) in [5.41, 5.74) is 1.21. The van der Waals surface area contributed by atoms with Gasteiger partial charge in [-0.05, 0) is 44.4 Å². The molecule has 2 aliphatic rings. The molecule has 1 aliphatic carbocycles. The molecule has 2 aromatic heterocycles. The third kappa shape index (κ3) is 4.79. The number of alkyl halides is 3. The number of carbonyl (C=O) groups is 1. The predicted octanol–water partition coefficient (Wildman–Crippen LogP) is 3.69. The lowest BCUT2D eigenvalue weighted by atomic mass is 9.85. The number of likely N-dealkylation sites (N-methyl/N-ethyl adjacent to an activating group) is 1. The van der Waals surface area contributed by atoms with Crippen molar-refractivity contribution in [3.05, 3.63) is 35.3 Å². The average Bonchev–Trinajstić information content (AvgIpc) is 2.70. The third-order valence-corrected chi connectivity index (χ3v) is 6.59. The summed E-state index contributed by atoms with van der Waals surface area (Å²) in [4.78, 5) is 29.3. The first-order chi connectivity index (χ1) is 15.9. The number of hydrogen-bond donors (Lipinski definition) is 2. The average molecular weight is 478 g/mol. The van der Waals surface area contributed by atoms with Gasteiger partial charge in [-0.2, -0.15) is 18.2 Å². The molecule has 0 saturated heterocycles. The fraction of sp³-hybridized carbons (Fsp3) is 0.565. The standard InChI is InChI=1S/C23H30F3N7O/c1-12(2)19-21(34)30-18-13(3)28-22(31-20(18)33(19)5)29-15-8-16(9-15)32(4)11-14-6-7-17(27-10-14)23(24,25)26/h6-7,10,12,15-16,19H,8-9,11H2,1-5H3,(H,30,34)(H,28,29,31)/t15-,16-,19?. The van der Waals surface area contributed by atoms with Gasteiger partial charge in [-0.15, -0.1) is 0 Å². The van der Waals surface area contributed by atoms with Crippen molar-refractivity contribution in [2.45, 2.75) is 64.5 Å². The molecule has 0 aromatic carbocycles. The number of carbonyl (C=O) groups excluding carboxylic acids is 1. The van der Waals surface area contributed by atoms with Gasteiger partial charge in [-0.1, -0.05) is 19.9 Å². The highest BCUT2D eigenvalue weighted by molar-refractivity contribution is 6.03. The number of aromatic nitrogens is 3. The van der Waals surface area contributed by atoms with Crippen LogP contribution in [-0.4, -0.2) is 58.0 Å². The van der Waals surface area contributed by atoms with Crippen LogP contribution in [0.1, 0.15) is 43.6 Å². The van der Waals surface area contributed by atoms with E-state index >= 15 is 0 Å². The highest BCUT2D eigenvalue weighted by atomic mass is 19.4. The lowest BCUT2D eigenvalue weighted by molar-refractivity contribution is -0.141. The van der Waals surface area contributed by atoms with Gasteiger partial charge in [0.15, 0.2) is 5.82 Å². The van der Waals surface area contributed by atoms with Gasteiger partial charge < -0.3 is 15.5 Å². The SMILES string of the molecule is Cc1nc(N[C@H]2C[C@H](N(C)Cc3ccc(C(F)(F)F)nc3)C2)nc2c1NC(=O)C(C(C)C)N2C. The molecule has 1 unspecified atom stereocenters. The zero-order valence-electron chi connectivity index (χ0n) is 19.9. The van der Waals surface area contributed by atoms with Crippen molar-refractivity contribution < 1.29 is 18.0 Å². The molecule has 11 heteroatoms. The molecule has 1 amide bonds. The number of fused-ring (bicyclic) bond motifs is 1. The van der Waals surface area contributed by atoms with Crippen molar-refractivity contribution >= 4 is 23.4 Å². The minimum atomic E-state index is -4.43. The number of pyridine rings is 1. The topological polar surface area (TPSA) is 86.3 Å². The Labute approximate surface area is 197 Å². The molecule has 0 radical (unpaired) electrons. The quantitative estimate of drug-likeness (QED) is 0.656. The van der Waals surface area contributed by atoms with E-state index in [2.05, 4.69) is 30.5 Å². The van der Waals surface area contributed by atoms with E-state index in [0.29, 0.717) is 35.7 Å². The summed E-state index contributed by atoms with van der Waals surface area (Å²) in [6, 6.07) is 2.69. The van der Waals surface area contributed by atoms with Crippen LogP contribution in [-0.2, 0) is 17.5 Å². The third-order valence-electron chi connectivity index (χ3n) is 6.59. The maximum Gasteiger partial charge on any atom is 0.433 e. The summed E-state index contributed by atoms with van der Waals surface area (Å²) in [5, 5.41) is 6.34. The zero-order chi connectivity index (χ0) is 24.8. The van der Waals surface area contributed by atoms with E-state index in [4.69, 9.17) is 0 Å². The van der Waals surface area contributed by atoms with Gasteiger partial charge in [-0.25, -0.2) is 4.98 Å². The second-order valence-electron chi connectivity index (χ2n) is 9.55. The van der Waals surface area contributed by atoms with Crippen molar-refractivity contribution in [2.24, 2.45) is 5.92 Å². The van der Waals surface area contributed by atoms with Gasteiger partial charge in [0.1, 0.15) is 17.4 Å². The van der Waals surface area contributed by atoms with Gasteiger partial charge in [0.2, 0.25) is 11.9 Å². The number of nitrogens with one attached hydrogen (secondary N) is 2. The Balaban J connectivity index is 1.35. The minimum Gasteiger partial charge on any atom is -0.351 e. The summed E-state index contributed by atoms with van der Waals surface area (Å²) in [7, 11) is 3.84. The van der Waals surface area contributed by atoms with Crippen LogP contribution in [0, 0.1) is 12.8 Å². The molecule has 3 heterocycles. The fourth-order valence-electron chi connectivity index (χ4n) is 4.63. The summed E-state index contributed by atoms with van der Waals surface area (Å²) in [6.07, 6.45) is -1.40. The van der Waals surface area contributed by atoms with Crippen molar-refractivity contribution in [3.8, 4) is 0 Å². The lowest BCUT2D eigenvalue weighted by Crippen LogP contribution is -2.50. The van der Waals surface area contributed by atoms with Crippen LogP contribution in [0.4, 0.5) is 30.6 Å². The first kappa shape index (κ1) is 24.2. The molecule has 1 aliphatic heterocycles. The molecule has 2 aromatic rings.